The van der Waals surface area contributed by atoms with E-state index >= 15 is 0 Å². The van der Waals surface area contributed by atoms with Crippen molar-refractivity contribution in [1.29, 1.82) is 5.26 Å². The number of halogens is 3. The van der Waals surface area contributed by atoms with Gasteiger partial charge in [-0.15, -0.1) is 0 Å². The smallest absolute Gasteiger partial charge is 0.127 e. The fourth-order valence-corrected chi connectivity index (χ4v) is 3.03. The standard InChI is InChI=1S/C22H14Cl3NO/c23-19-6-3-4-15(10-19)14-27-22-7-2-1-5-17(22)11-18(13-26)16-8-9-20(24)21(25)12-16/h1-12H,14H2/b18-11-. The fourth-order valence-electron chi connectivity index (χ4n) is 2.52. The average Bonchev–Trinajstić information content (AvgIpc) is 2.67. The van der Waals surface area contributed by atoms with E-state index in [-0.39, 0.29) is 0 Å². The molecule has 2 nitrogen and oxygen atoms in total. The summed E-state index contributed by atoms with van der Waals surface area (Å²) in [6.45, 7) is 0.375. The molecule has 0 N–H and O–H groups in total. The number of hydrogen-bond donors (Lipinski definition) is 0. The maximum absolute atomic E-state index is 9.58. The highest BCUT2D eigenvalue weighted by atomic mass is 35.5. The number of ether oxygens (including phenoxy) is 1. The van der Waals surface area contributed by atoms with Crippen LogP contribution < -0.4 is 4.74 Å². The molecule has 0 heterocycles. The van der Waals surface area contributed by atoms with Crippen LogP contribution in [0.15, 0.2) is 66.7 Å². The summed E-state index contributed by atoms with van der Waals surface area (Å²) < 4.78 is 5.94. The Kier molecular flexibility index (Phi) is 6.42. The van der Waals surface area contributed by atoms with E-state index in [0.29, 0.717) is 38.6 Å². The maximum Gasteiger partial charge on any atom is 0.127 e. The number of nitrogens with zero attached hydrogens (tertiary/aromatic N) is 1. The Morgan fingerprint density at radius 3 is 2.48 bits per heavy atom. The highest BCUT2D eigenvalue weighted by Crippen LogP contribution is 2.29. The first-order valence-electron chi connectivity index (χ1n) is 8.10. The molecule has 0 aliphatic heterocycles. The lowest BCUT2D eigenvalue weighted by atomic mass is 10.0. The Labute approximate surface area is 173 Å². The van der Waals surface area contributed by atoms with Crippen LogP contribution in [0.1, 0.15) is 16.7 Å². The number of hydrogen-bond acceptors (Lipinski definition) is 2. The minimum Gasteiger partial charge on any atom is -0.488 e. The highest BCUT2D eigenvalue weighted by molar-refractivity contribution is 6.42. The largest absolute Gasteiger partial charge is 0.488 e. The summed E-state index contributed by atoms with van der Waals surface area (Å²) in [7, 11) is 0. The van der Waals surface area contributed by atoms with Crippen molar-refractivity contribution in [3.63, 3.8) is 0 Å². The summed E-state index contributed by atoms with van der Waals surface area (Å²) in [5.74, 6) is 0.672. The van der Waals surface area contributed by atoms with Gasteiger partial charge >= 0.3 is 0 Å². The molecule has 27 heavy (non-hydrogen) atoms. The monoisotopic (exact) mass is 413 g/mol. The van der Waals surface area contributed by atoms with Gasteiger partial charge in [0.25, 0.3) is 0 Å². The summed E-state index contributed by atoms with van der Waals surface area (Å²) in [5, 5.41) is 11.1. The van der Waals surface area contributed by atoms with Crippen LogP contribution in [0.25, 0.3) is 11.6 Å². The first-order chi connectivity index (χ1) is 13.1. The van der Waals surface area contributed by atoms with Crippen LogP contribution in [0.5, 0.6) is 5.75 Å². The van der Waals surface area contributed by atoms with Crippen molar-refractivity contribution in [2.45, 2.75) is 6.61 Å². The lowest BCUT2D eigenvalue weighted by Crippen LogP contribution is -1.97. The van der Waals surface area contributed by atoms with Gasteiger partial charge in [-0.2, -0.15) is 5.26 Å². The van der Waals surface area contributed by atoms with Gasteiger partial charge in [0, 0.05) is 10.6 Å². The molecule has 0 fully saturated rings. The van der Waals surface area contributed by atoms with Gasteiger partial charge in [0.05, 0.1) is 21.7 Å². The topological polar surface area (TPSA) is 33.0 Å². The number of rotatable bonds is 5. The van der Waals surface area contributed by atoms with Gasteiger partial charge in [-0.3, -0.25) is 0 Å². The SMILES string of the molecule is N#C/C(=C/c1ccccc1OCc1cccc(Cl)c1)c1ccc(Cl)c(Cl)c1. The number of allylic oxidation sites excluding steroid dienone is 1. The third-order valence-electron chi connectivity index (χ3n) is 3.85. The second kappa shape index (κ2) is 8.97. The molecule has 0 spiro atoms. The molecule has 5 heteroatoms. The van der Waals surface area contributed by atoms with Crippen LogP contribution in [-0.4, -0.2) is 0 Å². The van der Waals surface area contributed by atoms with Crippen molar-refractivity contribution in [2.75, 3.05) is 0 Å². The number of para-hydroxylation sites is 1. The second-order valence-electron chi connectivity index (χ2n) is 5.76. The van der Waals surface area contributed by atoms with Crippen molar-refractivity contribution in [1.82, 2.24) is 0 Å². The Bertz CT molecular complexity index is 1040. The molecule has 0 saturated carbocycles. The van der Waals surface area contributed by atoms with E-state index in [1.54, 1.807) is 24.3 Å². The zero-order valence-electron chi connectivity index (χ0n) is 14.1. The summed E-state index contributed by atoms with van der Waals surface area (Å²) in [5.41, 5.74) is 2.91. The van der Waals surface area contributed by atoms with E-state index in [9.17, 15) is 5.26 Å². The third-order valence-corrected chi connectivity index (χ3v) is 4.83. The Morgan fingerprint density at radius 2 is 1.74 bits per heavy atom. The maximum atomic E-state index is 9.58. The van der Waals surface area contributed by atoms with Gasteiger partial charge < -0.3 is 4.74 Å². The molecule has 0 bridgehead atoms. The summed E-state index contributed by atoms with van der Waals surface area (Å²) in [4.78, 5) is 0. The van der Waals surface area contributed by atoms with Gasteiger partial charge in [0.15, 0.2) is 0 Å². The molecular formula is C22H14Cl3NO. The van der Waals surface area contributed by atoms with Crippen LogP contribution in [0.2, 0.25) is 15.1 Å². The molecule has 0 saturated heterocycles. The fraction of sp³-hybridized carbons (Fsp3) is 0.0455. The number of nitriles is 1. The van der Waals surface area contributed by atoms with E-state index in [1.165, 1.54) is 0 Å². The molecule has 0 amide bonds. The molecule has 0 unspecified atom stereocenters. The molecule has 0 aliphatic rings. The lowest BCUT2D eigenvalue weighted by molar-refractivity contribution is 0.305. The van der Waals surface area contributed by atoms with Gasteiger partial charge in [0.2, 0.25) is 0 Å². The predicted octanol–water partition coefficient (Wildman–Crippen LogP) is 7.29. The van der Waals surface area contributed by atoms with E-state index in [1.807, 2.05) is 48.5 Å². The Hall–Kier alpha value is -2.44. The molecule has 3 aromatic carbocycles. The molecule has 134 valence electrons. The van der Waals surface area contributed by atoms with Crippen LogP contribution in [-0.2, 0) is 6.61 Å². The first kappa shape index (κ1) is 19.3. The number of benzene rings is 3. The van der Waals surface area contributed by atoms with E-state index in [0.717, 1.165) is 11.1 Å². The van der Waals surface area contributed by atoms with Gasteiger partial charge in [-0.1, -0.05) is 71.2 Å². The van der Waals surface area contributed by atoms with Crippen molar-refractivity contribution in [3.8, 4) is 11.8 Å². The van der Waals surface area contributed by atoms with Crippen LogP contribution in [0.3, 0.4) is 0 Å². The molecular weight excluding hydrogens is 401 g/mol. The van der Waals surface area contributed by atoms with E-state index in [2.05, 4.69) is 6.07 Å². The predicted molar refractivity (Wildman–Crippen MR) is 112 cm³/mol. The van der Waals surface area contributed by atoms with Crippen molar-refractivity contribution >= 4 is 46.5 Å². The zero-order valence-corrected chi connectivity index (χ0v) is 16.4. The van der Waals surface area contributed by atoms with Gasteiger partial charge in [0.1, 0.15) is 12.4 Å². The molecule has 0 aliphatic carbocycles. The van der Waals surface area contributed by atoms with Crippen molar-refractivity contribution in [2.24, 2.45) is 0 Å². The normalized spacial score (nSPS) is 11.1. The minimum absolute atomic E-state index is 0.375. The van der Waals surface area contributed by atoms with Crippen LogP contribution >= 0.6 is 34.8 Å². The van der Waals surface area contributed by atoms with Crippen LogP contribution in [0.4, 0.5) is 0 Å². The molecule has 0 aromatic heterocycles. The van der Waals surface area contributed by atoms with Crippen molar-refractivity contribution in [3.05, 3.63) is 98.5 Å². The molecule has 0 radical (unpaired) electrons. The van der Waals surface area contributed by atoms with Crippen LogP contribution in [0, 0.1) is 11.3 Å². The summed E-state index contributed by atoms with van der Waals surface area (Å²) in [6.07, 6.45) is 1.77. The van der Waals surface area contributed by atoms with E-state index in [4.69, 9.17) is 39.5 Å². The first-order valence-corrected chi connectivity index (χ1v) is 9.23. The minimum atomic E-state index is 0.375. The second-order valence-corrected chi connectivity index (χ2v) is 7.01. The summed E-state index contributed by atoms with van der Waals surface area (Å²) >= 11 is 18.1. The third kappa shape index (κ3) is 5.05. The summed E-state index contributed by atoms with van der Waals surface area (Å²) in [6, 6.07) is 22.3. The van der Waals surface area contributed by atoms with Gasteiger partial charge in [-0.05, 0) is 47.5 Å². The molecule has 3 rings (SSSR count). The Morgan fingerprint density at radius 1 is 0.926 bits per heavy atom. The van der Waals surface area contributed by atoms with Crippen molar-refractivity contribution < 1.29 is 4.74 Å². The lowest BCUT2D eigenvalue weighted by Gasteiger charge is -2.10. The van der Waals surface area contributed by atoms with Gasteiger partial charge in [-0.25, -0.2) is 0 Å². The highest BCUT2D eigenvalue weighted by Gasteiger charge is 2.08. The molecule has 3 aromatic rings. The average molecular weight is 415 g/mol. The molecule has 0 atom stereocenters. The zero-order chi connectivity index (χ0) is 19.2. The quantitative estimate of drug-likeness (QED) is 0.324. The Balaban J connectivity index is 1.88. The van der Waals surface area contributed by atoms with E-state index < -0.39 is 0 Å².